The van der Waals surface area contributed by atoms with Crippen LogP contribution in [0.1, 0.15) is 17.2 Å². The van der Waals surface area contributed by atoms with Crippen molar-refractivity contribution >= 4 is 17.6 Å². The minimum absolute atomic E-state index is 0.476. The van der Waals surface area contributed by atoms with Crippen LogP contribution in [0.4, 0.5) is 0 Å². The molecule has 3 nitrogen and oxygen atoms in total. The Kier molecular flexibility index (Phi) is 3.49. The number of hydrogen-bond donors (Lipinski definition) is 1. The second kappa shape index (κ2) is 4.44. The van der Waals surface area contributed by atoms with Crippen LogP contribution in [0.25, 0.3) is 0 Å². The van der Waals surface area contributed by atoms with Gasteiger partial charge in [0.05, 0.1) is 7.11 Å². The maximum atomic E-state index is 11.1. The molecule has 1 N–H and O–H groups in total. The topological polar surface area (TPSA) is 46.5 Å². The molecule has 1 aromatic carbocycles. The van der Waals surface area contributed by atoms with Gasteiger partial charge in [-0.1, -0.05) is 23.7 Å². The van der Waals surface area contributed by atoms with Gasteiger partial charge in [0.1, 0.15) is 0 Å². The fourth-order valence-electron chi connectivity index (χ4n) is 1.16. The number of esters is 1. The Bertz CT molecular complexity index is 349. The van der Waals surface area contributed by atoms with Crippen molar-refractivity contribution in [2.45, 2.75) is 13.0 Å². The van der Waals surface area contributed by atoms with Crippen molar-refractivity contribution in [1.29, 1.82) is 0 Å². The SMILES string of the molecule is COC(=O)C(O)c1cccc(Cl)c1C. The van der Waals surface area contributed by atoms with Gasteiger partial charge in [-0.15, -0.1) is 0 Å². The summed E-state index contributed by atoms with van der Waals surface area (Å²) in [6.07, 6.45) is -1.27. The van der Waals surface area contributed by atoms with Crippen LogP contribution >= 0.6 is 11.6 Å². The second-order valence-electron chi connectivity index (χ2n) is 2.88. The minimum Gasteiger partial charge on any atom is -0.467 e. The molecule has 0 fully saturated rings. The Labute approximate surface area is 87.3 Å². The zero-order valence-corrected chi connectivity index (χ0v) is 8.71. The molecule has 0 amide bonds. The molecule has 76 valence electrons. The number of aliphatic hydroxyl groups excluding tert-OH is 1. The number of benzene rings is 1. The van der Waals surface area contributed by atoms with Crippen LogP contribution in [0.15, 0.2) is 18.2 Å². The highest BCUT2D eigenvalue weighted by Gasteiger charge is 2.20. The summed E-state index contributed by atoms with van der Waals surface area (Å²) in [4.78, 5) is 11.1. The predicted octanol–water partition coefficient (Wildman–Crippen LogP) is 1.85. The van der Waals surface area contributed by atoms with Crippen molar-refractivity contribution in [2.75, 3.05) is 7.11 Å². The number of hydrogen-bond acceptors (Lipinski definition) is 3. The number of methoxy groups -OCH3 is 1. The highest BCUT2D eigenvalue weighted by Crippen LogP contribution is 2.24. The molecule has 0 aliphatic rings. The van der Waals surface area contributed by atoms with E-state index in [1.807, 2.05) is 0 Å². The third-order valence-electron chi connectivity index (χ3n) is 2.03. The van der Waals surface area contributed by atoms with Gasteiger partial charge >= 0.3 is 5.97 Å². The average molecular weight is 215 g/mol. The molecular weight excluding hydrogens is 204 g/mol. The van der Waals surface area contributed by atoms with Crippen molar-refractivity contribution in [3.8, 4) is 0 Å². The summed E-state index contributed by atoms with van der Waals surface area (Å²) in [7, 11) is 1.23. The predicted molar refractivity (Wildman–Crippen MR) is 53.2 cm³/mol. The standard InChI is InChI=1S/C10H11ClO3/c1-6-7(4-3-5-8(6)11)9(12)10(13)14-2/h3-5,9,12H,1-2H3. The molecule has 1 unspecified atom stereocenters. The zero-order valence-electron chi connectivity index (χ0n) is 7.95. The lowest BCUT2D eigenvalue weighted by molar-refractivity contribution is -0.150. The van der Waals surface area contributed by atoms with E-state index in [0.717, 1.165) is 0 Å². The van der Waals surface area contributed by atoms with Gasteiger partial charge in [-0.25, -0.2) is 4.79 Å². The van der Waals surface area contributed by atoms with Crippen LogP contribution in [-0.4, -0.2) is 18.2 Å². The van der Waals surface area contributed by atoms with Crippen LogP contribution < -0.4 is 0 Å². The first-order valence-corrected chi connectivity index (χ1v) is 4.46. The zero-order chi connectivity index (χ0) is 10.7. The van der Waals surface area contributed by atoms with Gasteiger partial charge in [-0.2, -0.15) is 0 Å². The van der Waals surface area contributed by atoms with Gasteiger partial charge < -0.3 is 9.84 Å². The number of rotatable bonds is 2. The van der Waals surface area contributed by atoms with E-state index in [0.29, 0.717) is 16.1 Å². The van der Waals surface area contributed by atoms with Gasteiger partial charge in [0, 0.05) is 5.02 Å². The van der Waals surface area contributed by atoms with Crippen LogP contribution in [0, 0.1) is 6.92 Å². The van der Waals surface area contributed by atoms with Gasteiger partial charge in [0.15, 0.2) is 6.10 Å². The normalized spacial score (nSPS) is 12.3. The van der Waals surface area contributed by atoms with E-state index in [2.05, 4.69) is 4.74 Å². The lowest BCUT2D eigenvalue weighted by atomic mass is 10.0. The first-order chi connectivity index (χ1) is 6.57. The average Bonchev–Trinajstić information content (AvgIpc) is 2.20. The molecule has 0 radical (unpaired) electrons. The highest BCUT2D eigenvalue weighted by molar-refractivity contribution is 6.31. The van der Waals surface area contributed by atoms with E-state index in [9.17, 15) is 9.90 Å². The van der Waals surface area contributed by atoms with Gasteiger partial charge in [-0.3, -0.25) is 0 Å². The first-order valence-electron chi connectivity index (χ1n) is 4.09. The number of ether oxygens (including phenoxy) is 1. The molecule has 0 bridgehead atoms. The third-order valence-corrected chi connectivity index (χ3v) is 2.44. The van der Waals surface area contributed by atoms with Crippen LogP contribution in [-0.2, 0) is 9.53 Å². The molecular formula is C10H11ClO3. The van der Waals surface area contributed by atoms with E-state index in [1.165, 1.54) is 7.11 Å². The van der Waals surface area contributed by atoms with Gasteiger partial charge in [0.2, 0.25) is 0 Å². The largest absolute Gasteiger partial charge is 0.467 e. The third kappa shape index (κ3) is 2.05. The van der Waals surface area contributed by atoms with Crippen molar-refractivity contribution in [1.82, 2.24) is 0 Å². The molecule has 0 spiro atoms. The van der Waals surface area contributed by atoms with Crippen LogP contribution in [0.3, 0.4) is 0 Å². The minimum atomic E-state index is -1.27. The van der Waals surface area contributed by atoms with Crippen LogP contribution in [0.5, 0.6) is 0 Å². The van der Waals surface area contributed by atoms with E-state index in [1.54, 1.807) is 25.1 Å². The number of carbonyl (C=O) groups is 1. The molecule has 1 rings (SSSR count). The van der Waals surface area contributed by atoms with E-state index >= 15 is 0 Å². The summed E-state index contributed by atoms with van der Waals surface area (Å²) in [5, 5.41) is 10.1. The highest BCUT2D eigenvalue weighted by atomic mass is 35.5. The summed E-state index contributed by atoms with van der Waals surface area (Å²) in [5.41, 5.74) is 1.16. The van der Waals surface area contributed by atoms with Crippen molar-refractivity contribution in [2.24, 2.45) is 0 Å². The molecule has 0 aromatic heterocycles. The number of carbonyl (C=O) groups excluding carboxylic acids is 1. The molecule has 0 aliphatic carbocycles. The molecule has 1 aromatic rings. The van der Waals surface area contributed by atoms with E-state index in [-0.39, 0.29) is 0 Å². The maximum Gasteiger partial charge on any atom is 0.339 e. The molecule has 0 heterocycles. The summed E-state index contributed by atoms with van der Waals surface area (Å²) in [5.74, 6) is -0.685. The summed E-state index contributed by atoms with van der Waals surface area (Å²) in [6.45, 7) is 1.74. The Hall–Kier alpha value is -1.06. The Morgan fingerprint density at radius 2 is 2.21 bits per heavy atom. The number of halogens is 1. The summed E-state index contributed by atoms with van der Waals surface area (Å²) < 4.78 is 4.43. The van der Waals surface area contributed by atoms with Crippen molar-refractivity contribution < 1.29 is 14.6 Å². The van der Waals surface area contributed by atoms with E-state index < -0.39 is 12.1 Å². The lowest BCUT2D eigenvalue weighted by Crippen LogP contribution is -2.14. The van der Waals surface area contributed by atoms with Crippen molar-refractivity contribution in [3.63, 3.8) is 0 Å². The van der Waals surface area contributed by atoms with Crippen molar-refractivity contribution in [3.05, 3.63) is 34.3 Å². The molecule has 14 heavy (non-hydrogen) atoms. The fourth-order valence-corrected chi connectivity index (χ4v) is 1.34. The maximum absolute atomic E-state index is 11.1. The van der Waals surface area contributed by atoms with Gasteiger partial charge in [-0.05, 0) is 24.1 Å². The Morgan fingerprint density at radius 3 is 2.79 bits per heavy atom. The quantitative estimate of drug-likeness (QED) is 0.765. The molecule has 4 heteroatoms. The first kappa shape index (κ1) is 11.0. The van der Waals surface area contributed by atoms with Gasteiger partial charge in [0.25, 0.3) is 0 Å². The van der Waals surface area contributed by atoms with Crippen LogP contribution in [0.2, 0.25) is 5.02 Å². The summed E-state index contributed by atoms with van der Waals surface area (Å²) in [6, 6.07) is 5.02. The number of aliphatic hydroxyl groups is 1. The lowest BCUT2D eigenvalue weighted by Gasteiger charge is -2.12. The van der Waals surface area contributed by atoms with E-state index in [4.69, 9.17) is 11.6 Å². The second-order valence-corrected chi connectivity index (χ2v) is 3.29. The Morgan fingerprint density at radius 1 is 1.57 bits per heavy atom. The fraction of sp³-hybridized carbons (Fsp3) is 0.300. The Balaban J connectivity index is 3.07. The molecule has 0 aliphatic heterocycles. The monoisotopic (exact) mass is 214 g/mol. The molecule has 0 saturated carbocycles. The molecule has 1 atom stereocenters. The smallest absolute Gasteiger partial charge is 0.339 e. The summed E-state index contributed by atoms with van der Waals surface area (Å²) >= 11 is 5.84. The molecule has 0 saturated heterocycles.